The number of hydrogen-bond acceptors (Lipinski definition) is 3. The van der Waals surface area contributed by atoms with Crippen molar-refractivity contribution in [3.05, 3.63) is 30.3 Å². The number of rotatable bonds is 5. The highest BCUT2D eigenvalue weighted by Crippen LogP contribution is 2.25. The zero-order chi connectivity index (χ0) is 16.9. The number of nitrogens with zero attached hydrogens (tertiary/aromatic N) is 1. The van der Waals surface area contributed by atoms with Crippen molar-refractivity contribution in [3.63, 3.8) is 0 Å². The van der Waals surface area contributed by atoms with Gasteiger partial charge in [-0.1, -0.05) is 37.5 Å². The van der Waals surface area contributed by atoms with Crippen molar-refractivity contribution in [1.29, 1.82) is 0 Å². The van der Waals surface area contributed by atoms with E-state index in [0.29, 0.717) is 6.04 Å². The number of hydrogen-bond donors (Lipinski definition) is 1. The molecular formula is C20H30N2O2. The number of amides is 1. The van der Waals surface area contributed by atoms with E-state index in [1.54, 1.807) is 0 Å². The van der Waals surface area contributed by atoms with E-state index >= 15 is 0 Å². The van der Waals surface area contributed by atoms with Crippen LogP contribution >= 0.6 is 0 Å². The van der Waals surface area contributed by atoms with Crippen molar-refractivity contribution in [2.45, 2.75) is 76.7 Å². The fourth-order valence-corrected chi connectivity index (χ4v) is 3.99. The molecule has 0 radical (unpaired) electrons. The second kappa shape index (κ2) is 8.02. The quantitative estimate of drug-likeness (QED) is 0.898. The van der Waals surface area contributed by atoms with Gasteiger partial charge in [-0.2, -0.15) is 0 Å². The second-order valence-electron chi connectivity index (χ2n) is 7.32. The van der Waals surface area contributed by atoms with Crippen LogP contribution in [-0.2, 0) is 9.53 Å². The van der Waals surface area contributed by atoms with Crippen LogP contribution < -0.4 is 10.2 Å². The first-order chi connectivity index (χ1) is 11.6. The van der Waals surface area contributed by atoms with Crippen molar-refractivity contribution in [3.8, 4) is 0 Å². The first-order valence-electron chi connectivity index (χ1n) is 9.41. The molecular weight excluding hydrogens is 300 g/mol. The molecule has 1 amide bonds. The van der Waals surface area contributed by atoms with E-state index in [1.165, 1.54) is 24.9 Å². The summed E-state index contributed by atoms with van der Waals surface area (Å²) in [6.45, 7) is 4.98. The van der Waals surface area contributed by atoms with Gasteiger partial charge in [-0.25, -0.2) is 0 Å². The first-order valence-corrected chi connectivity index (χ1v) is 9.41. The number of benzene rings is 1. The molecule has 3 rings (SSSR count). The summed E-state index contributed by atoms with van der Waals surface area (Å²) >= 11 is 0. The Bertz CT molecular complexity index is 528. The molecule has 1 aliphatic heterocycles. The molecule has 1 aromatic carbocycles. The largest absolute Gasteiger partial charge is 0.367 e. The van der Waals surface area contributed by atoms with E-state index in [4.69, 9.17) is 4.74 Å². The molecule has 0 unspecified atom stereocenters. The molecule has 0 bridgehead atoms. The molecule has 1 saturated carbocycles. The van der Waals surface area contributed by atoms with Gasteiger partial charge in [-0.05, 0) is 45.2 Å². The number of para-hydroxylation sites is 1. The smallest absolute Gasteiger partial charge is 0.249 e. The predicted molar refractivity (Wildman–Crippen MR) is 97.2 cm³/mol. The maximum Gasteiger partial charge on any atom is 0.249 e. The highest BCUT2D eigenvalue weighted by molar-refractivity contribution is 5.80. The topological polar surface area (TPSA) is 41.6 Å². The van der Waals surface area contributed by atoms with Crippen LogP contribution in [0.4, 0.5) is 5.69 Å². The van der Waals surface area contributed by atoms with Gasteiger partial charge in [-0.15, -0.1) is 0 Å². The van der Waals surface area contributed by atoms with Crippen LogP contribution in [0.15, 0.2) is 30.3 Å². The number of carbonyl (C=O) groups excluding carboxylic acids is 1. The Labute approximate surface area is 145 Å². The molecule has 3 atom stereocenters. The first kappa shape index (κ1) is 17.3. The van der Waals surface area contributed by atoms with Crippen LogP contribution in [0.25, 0.3) is 0 Å². The van der Waals surface area contributed by atoms with Gasteiger partial charge in [0.15, 0.2) is 0 Å². The highest BCUT2D eigenvalue weighted by atomic mass is 16.5. The Balaban J connectivity index is 1.49. The summed E-state index contributed by atoms with van der Waals surface area (Å²) in [5.41, 5.74) is 1.23. The van der Waals surface area contributed by atoms with E-state index < -0.39 is 0 Å². The third-order valence-corrected chi connectivity index (χ3v) is 5.33. The molecule has 2 fully saturated rings. The van der Waals surface area contributed by atoms with Gasteiger partial charge in [0.25, 0.3) is 0 Å². The molecule has 0 spiro atoms. The van der Waals surface area contributed by atoms with Crippen LogP contribution in [0.3, 0.4) is 0 Å². The Morgan fingerprint density at radius 1 is 1.21 bits per heavy atom. The van der Waals surface area contributed by atoms with Gasteiger partial charge in [0.05, 0.1) is 6.10 Å². The molecule has 24 heavy (non-hydrogen) atoms. The zero-order valence-electron chi connectivity index (χ0n) is 14.9. The van der Waals surface area contributed by atoms with E-state index in [2.05, 4.69) is 41.4 Å². The lowest BCUT2D eigenvalue weighted by molar-refractivity contribution is -0.137. The maximum absolute atomic E-state index is 12.5. The molecule has 132 valence electrons. The Morgan fingerprint density at radius 3 is 2.62 bits per heavy atom. The Kier molecular flexibility index (Phi) is 5.77. The van der Waals surface area contributed by atoms with Crippen molar-refractivity contribution < 1.29 is 9.53 Å². The van der Waals surface area contributed by atoms with Gasteiger partial charge >= 0.3 is 0 Å². The Hall–Kier alpha value is -1.55. The van der Waals surface area contributed by atoms with Gasteiger partial charge in [-0.3, -0.25) is 4.79 Å². The van der Waals surface area contributed by atoms with Gasteiger partial charge < -0.3 is 15.0 Å². The molecule has 1 heterocycles. The lowest BCUT2D eigenvalue weighted by Gasteiger charge is -2.26. The summed E-state index contributed by atoms with van der Waals surface area (Å²) in [6.07, 6.45) is 6.85. The van der Waals surface area contributed by atoms with Crippen LogP contribution in [0.5, 0.6) is 0 Å². The van der Waals surface area contributed by atoms with E-state index in [-0.39, 0.29) is 24.2 Å². The van der Waals surface area contributed by atoms with Crippen molar-refractivity contribution in [2.75, 3.05) is 11.4 Å². The molecule has 4 heteroatoms. The fraction of sp³-hybridized carbons (Fsp3) is 0.650. The lowest BCUT2D eigenvalue weighted by atomic mass is 9.97. The molecule has 0 aromatic heterocycles. The van der Waals surface area contributed by atoms with Crippen LogP contribution in [0.2, 0.25) is 0 Å². The van der Waals surface area contributed by atoms with Crippen LogP contribution in [0, 0.1) is 0 Å². The molecule has 4 nitrogen and oxygen atoms in total. The van der Waals surface area contributed by atoms with Crippen molar-refractivity contribution in [1.82, 2.24) is 5.32 Å². The van der Waals surface area contributed by atoms with Gasteiger partial charge in [0.2, 0.25) is 5.91 Å². The van der Waals surface area contributed by atoms with E-state index in [1.807, 2.05) is 13.0 Å². The van der Waals surface area contributed by atoms with Crippen LogP contribution in [0.1, 0.15) is 52.4 Å². The monoisotopic (exact) mass is 330 g/mol. The number of ether oxygens (including phenoxy) is 1. The SMILES string of the molecule is C[C@H](OC1CCCCC1)C(=O)N[C@@H]1C[C@H](C)N(c2ccccc2)C1. The molecule has 1 aromatic rings. The predicted octanol–water partition coefficient (Wildman–Crippen LogP) is 3.51. The van der Waals surface area contributed by atoms with Crippen molar-refractivity contribution in [2.24, 2.45) is 0 Å². The standard InChI is InChI=1S/C20H30N2O2/c1-15-13-17(14-22(15)18-9-5-3-6-10-18)21-20(23)16(2)24-19-11-7-4-8-12-19/h3,5-6,9-10,15-17,19H,4,7-8,11-14H2,1-2H3,(H,21,23)/t15-,16-,17+/m0/s1. The minimum absolute atomic E-state index is 0.0349. The summed E-state index contributed by atoms with van der Waals surface area (Å²) < 4.78 is 5.98. The summed E-state index contributed by atoms with van der Waals surface area (Å²) in [7, 11) is 0. The maximum atomic E-state index is 12.5. The molecule has 1 saturated heterocycles. The second-order valence-corrected chi connectivity index (χ2v) is 7.32. The summed E-state index contributed by atoms with van der Waals surface area (Å²) in [4.78, 5) is 14.8. The third-order valence-electron chi connectivity index (χ3n) is 5.33. The number of nitrogens with one attached hydrogen (secondary N) is 1. The van der Waals surface area contributed by atoms with Crippen molar-refractivity contribution >= 4 is 11.6 Å². The summed E-state index contributed by atoms with van der Waals surface area (Å²) in [6, 6.07) is 11.1. The fourth-order valence-electron chi connectivity index (χ4n) is 3.99. The number of carbonyl (C=O) groups is 1. The van der Waals surface area contributed by atoms with E-state index in [0.717, 1.165) is 25.8 Å². The Morgan fingerprint density at radius 2 is 1.92 bits per heavy atom. The van der Waals surface area contributed by atoms with Gasteiger partial charge in [0, 0.05) is 24.3 Å². The highest BCUT2D eigenvalue weighted by Gasteiger charge is 2.31. The molecule has 1 aliphatic carbocycles. The lowest BCUT2D eigenvalue weighted by Crippen LogP contribution is -2.43. The number of anilines is 1. The minimum atomic E-state index is -0.353. The normalized spacial score (nSPS) is 26.3. The third kappa shape index (κ3) is 4.29. The van der Waals surface area contributed by atoms with E-state index in [9.17, 15) is 4.79 Å². The zero-order valence-corrected chi connectivity index (χ0v) is 14.9. The molecule has 2 aliphatic rings. The summed E-state index contributed by atoms with van der Waals surface area (Å²) in [5, 5.41) is 3.19. The van der Waals surface area contributed by atoms with Gasteiger partial charge in [0.1, 0.15) is 6.10 Å². The average molecular weight is 330 g/mol. The minimum Gasteiger partial charge on any atom is -0.367 e. The van der Waals surface area contributed by atoms with Crippen LogP contribution in [-0.4, -0.2) is 36.7 Å². The average Bonchev–Trinajstić information content (AvgIpc) is 2.97. The molecule has 1 N–H and O–H groups in total. The summed E-state index contributed by atoms with van der Waals surface area (Å²) in [5.74, 6) is 0.0349.